The van der Waals surface area contributed by atoms with E-state index in [0.29, 0.717) is 30.5 Å². The maximum absolute atomic E-state index is 11.8. The van der Waals surface area contributed by atoms with Crippen molar-refractivity contribution in [3.8, 4) is 0 Å². The van der Waals surface area contributed by atoms with Crippen LogP contribution < -0.4 is 10.8 Å². The van der Waals surface area contributed by atoms with E-state index in [0.717, 1.165) is 19.3 Å². The van der Waals surface area contributed by atoms with Gasteiger partial charge in [0.1, 0.15) is 5.76 Å². The molecule has 6 nitrogen and oxygen atoms in total. The van der Waals surface area contributed by atoms with Gasteiger partial charge in [0.2, 0.25) is 11.8 Å². The smallest absolute Gasteiger partial charge is 0.243 e. The van der Waals surface area contributed by atoms with Crippen LogP contribution in [0.25, 0.3) is 5.76 Å². The zero-order chi connectivity index (χ0) is 16.4. The van der Waals surface area contributed by atoms with Crippen molar-refractivity contribution in [2.45, 2.75) is 38.5 Å². The van der Waals surface area contributed by atoms with E-state index in [9.17, 15) is 14.7 Å². The Bertz CT molecular complexity index is 529. The second-order valence-electron chi connectivity index (χ2n) is 5.02. The summed E-state index contributed by atoms with van der Waals surface area (Å²) in [6.45, 7) is 3.44. The van der Waals surface area contributed by atoms with Gasteiger partial charge in [0.25, 0.3) is 0 Å². The second-order valence-corrected chi connectivity index (χ2v) is 5.02. The molecule has 0 saturated heterocycles. The molecule has 22 heavy (non-hydrogen) atoms. The van der Waals surface area contributed by atoms with Crippen LogP contribution in [0.1, 0.15) is 44.1 Å². The summed E-state index contributed by atoms with van der Waals surface area (Å²) in [7, 11) is 0. The number of nitrogens with one attached hydrogen (secondary N) is 2. The monoisotopic (exact) mass is 306 g/mol. The molecular weight excluding hydrogens is 284 g/mol. The summed E-state index contributed by atoms with van der Waals surface area (Å²) in [5.41, 5.74) is 2.78. The molecule has 1 rings (SSSR count). The summed E-state index contributed by atoms with van der Waals surface area (Å²) < 4.78 is 0. The topological polar surface area (TPSA) is 98.7 Å². The van der Waals surface area contributed by atoms with E-state index in [1.54, 1.807) is 29.7 Å². The zero-order valence-electron chi connectivity index (χ0n) is 12.5. The van der Waals surface area contributed by atoms with Gasteiger partial charge in [0, 0.05) is 24.1 Å². The van der Waals surface area contributed by atoms with Crippen LogP contribution in [0.2, 0.25) is 0 Å². The second kappa shape index (κ2) is 9.57. The van der Waals surface area contributed by atoms with Crippen molar-refractivity contribution < 1.29 is 19.9 Å². The fraction of sp³-hybridized carbons (Fsp3) is 0.375. The molecule has 0 atom stereocenters. The largest absolute Gasteiger partial charge is 0.508 e. The molecule has 0 radical (unpaired) electrons. The number of unbranched alkanes of at least 4 members (excludes halogenated alkanes) is 3. The summed E-state index contributed by atoms with van der Waals surface area (Å²) in [5, 5.41) is 20.4. The lowest BCUT2D eigenvalue weighted by molar-refractivity contribution is -0.129. The van der Waals surface area contributed by atoms with Crippen molar-refractivity contribution in [3.63, 3.8) is 0 Å². The Hall–Kier alpha value is -2.34. The van der Waals surface area contributed by atoms with Crippen LogP contribution in [0, 0.1) is 0 Å². The molecule has 0 saturated carbocycles. The molecule has 2 amide bonds. The van der Waals surface area contributed by atoms with Crippen molar-refractivity contribution in [2.24, 2.45) is 0 Å². The number of hydrogen-bond donors (Lipinski definition) is 4. The van der Waals surface area contributed by atoms with Crippen LogP contribution in [0.3, 0.4) is 0 Å². The van der Waals surface area contributed by atoms with Crippen molar-refractivity contribution >= 4 is 23.3 Å². The third-order valence-corrected chi connectivity index (χ3v) is 3.16. The van der Waals surface area contributed by atoms with Gasteiger partial charge >= 0.3 is 0 Å². The Morgan fingerprint density at radius 2 is 1.68 bits per heavy atom. The van der Waals surface area contributed by atoms with E-state index in [1.165, 1.54) is 0 Å². The highest BCUT2D eigenvalue weighted by atomic mass is 16.5. The Morgan fingerprint density at radius 1 is 1.05 bits per heavy atom. The fourth-order valence-corrected chi connectivity index (χ4v) is 1.98. The van der Waals surface area contributed by atoms with E-state index in [4.69, 9.17) is 5.21 Å². The minimum absolute atomic E-state index is 0.0389. The van der Waals surface area contributed by atoms with Crippen molar-refractivity contribution in [3.05, 3.63) is 36.4 Å². The third kappa shape index (κ3) is 6.90. The Morgan fingerprint density at radius 3 is 2.27 bits per heavy atom. The molecule has 0 heterocycles. The first-order valence-electron chi connectivity index (χ1n) is 7.24. The molecular formula is C16H22N2O4. The van der Waals surface area contributed by atoms with Crippen molar-refractivity contribution in [2.75, 3.05) is 5.32 Å². The summed E-state index contributed by atoms with van der Waals surface area (Å²) in [6.07, 6.45) is 3.80. The predicted octanol–water partition coefficient (Wildman–Crippen LogP) is 3.00. The molecule has 6 heteroatoms. The zero-order valence-corrected chi connectivity index (χ0v) is 12.5. The van der Waals surface area contributed by atoms with Gasteiger partial charge in [-0.25, -0.2) is 5.48 Å². The summed E-state index contributed by atoms with van der Waals surface area (Å²) in [5.74, 6) is -0.514. The lowest BCUT2D eigenvalue weighted by Gasteiger charge is -2.07. The molecule has 0 aromatic heterocycles. The van der Waals surface area contributed by atoms with E-state index in [2.05, 4.69) is 11.9 Å². The van der Waals surface area contributed by atoms with Crippen LogP contribution in [0.5, 0.6) is 0 Å². The fourth-order valence-electron chi connectivity index (χ4n) is 1.98. The number of hydrogen-bond acceptors (Lipinski definition) is 4. The van der Waals surface area contributed by atoms with Gasteiger partial charge in [0.05, 0.1) is 0 Å². The van der Waals surface area contributed by atoms with Crippen LogP contribution in [0.15, 0.2) is 30.8 Å². The molecule has 0 aliphatic rings. The summed E-state index contributed by atoms with van der Waals surface area (Å²) in [6, 6.07) is 6.85. The molecule has 0 aliphatic heterocycles. The molecule has 120 valence electrons. The molecule has 1 aromatic carbocycles. The van der Waals surface area contributed by atoms with Gasteiger partial charge in [-0.15, -0.1) is 0 Å². The quantitative estimate of drug-likeness (QED) is 0.244. The molecule has 0 bridgehead atoms. The number of amides is 2. The van der Waals surface area contributed by atoms with Crippen LogP contribution >= 0.6 is 0 Å². The van der Waals surface area contributed by atoms with E-state index < -0.39 is 0 Å². The third-order valence-electron chi connectivity index (χ3n) is 3.16. The van der Waals surface area contributed by atoms with E-state index in [-0.39, 0.29) is 17.6 Å². The number of carbonyl (C=O) groups excluding carboxylic acids is 2. The lowest BCUT2D eigenvalue weighted by Crippen LogP contribution is -2.17. The molecule has 1 aromatic rings. The molecule has 0 fully saturated rings. The highest BCUT2D eigenvalue weighted by Gasteiger charge is 2.04. The number of anilines is 1. The van der Waals surface area contributed by atoms with Crippen LogP contribution in [-0.2, 0) is 9.59 Å². The highest BCUT2D eigenvalue weighted by Crippen LogP contribution is 2.16. The maximum atomic E-state index is 11.8. The predicted molar refractivity (Wildman–Crippen MR) is 84.4 cm³/mol. The number of hydroxylamine groups is 1. The van der Waals surface area contributed by atoms with E-state index >= 15 is 0 Å². The SMILES string of the molecule is C=C(O)c1cccc(NC(=O)CCCCCCC(=O)NO)c1. The maximum Gasteiger partial charge on any atom is 0.243 e. The van der Waals surface area contributed by atoms with Gasteiger partial charge in [-0.1, -0.05) is 31.6 Å². The average molecular weight is 306 g/mol. The first kappa shape index (κ1) is 17.7. The molecule has 0 unspecified atom stereocenters. The summed E-state index contributed by atoms with van der Waals surface area (Å²) >= 11 is 0. The normalized spacial score (nSPS) is 10.0. The highest BCUT2D eigenvalue weighted by molar-refractivity contribution is 5.91. The van der Waals surface area contributed by atoms with Gasteiger partial charge in [-0.3, -0.25) is 14.8 Å². The first-order valence-corrected chi connectivity index (χ1v) is 7.24. The number of aliphatic hydroxyl groups excluding tert-OH is 1. The Labute approximate surface area is 129 Å². The standard InChI is InChI=1S/C16H22N2O4/c1-12(19)13-7-6-8-14(11-13)17-15(20)9-4-2-3-5-10-16(21)18-22/h6-8,11,19,22H,1-5,9-10H2,(H,17,20)(H,18,21). The Balaban J connectivity index is 2.22. The van der Waals surface area contributed by atoms with Crippen LogP contribution in [0.4, 0.5) is 5.69 Å². The molecule has 0 spiro atoms. The minimum Gasteiger partial charge on any atom is -0.508 e. The Kier molecular flexibility index (Phi) is 7.70. The van der Waals surface area contributed by atoms with Gasteiger partial charge < -0.3 is 10.4 Å². The van der Waals surface area contributed by atoms with Crippen LogP contribution in [-0.4, -0.2) is 22.1 Å². The molecule has 4 N–H and O–H groups in total. The minimum atomic E-state index is -0.386. The van der Waals surface area contributed by atoms with Gasteiger partial charge in [-0.2, -0.15) is 0 Å². The summed E-state index contributed by atoms with van der Waals surface area (Å²) in [4.78, 5) is 22.6. The van der Waals surface area contributed by atoms with E-state index in [1.807, 2.05) is 0 Å². The number of carbonyl (C=O) groups is 2. The lowest BCUT2D eigenvalue weighted by atomic mass is 10.1. The van der Waals surface area contributed by atoms with Crippen molar-refractivity contribution in [1.29, 1.82) is 0 Å². The first-order chi connectivity index (χ1) is 10.5. The average Bonchev–Trinajstić information content (AvgIpc) is 2.50. The number of rotatable bonds is 9. The number of benzene rings is 1. The molecule has 0 aliphatic carbocycles. The van der Waals surface area contributed by atoms with Gasteiger partial charge in [0.15, 0.2) is 0 Å². The number of aliphatic hydroxyl groups is 1. The van der Waals surface area contributed by atoms with Crippen molar-refractivity contribution in [1.82, 2.24) is 5.48 Å². The van der Waals surface area contributed by atoms with Gasteiger partial charge in [-0.05, 0) is 25.0 Å².